The van der Waals surface area contributed by atoms with Gasteiger partial charge in [-0.2, -0.15) is 18.3 Å². The standard InChI is InChI=1S/C20H15F3N6O2/c21-20(22,23)16-6-7-18(24-10-16)29-12-17(26-27-29)13-31-19(30)15-4-2-14(3-5-15)11-28-9-1-8-25-28/h1-10,12H,11,13H2. The minimum Gasteiger partial charge on any atom is -0.455 e. The Bertz CT molecular complexity index is 1150. The molecule has 0 amide bonds. The monoisotopic (exact) mass is 428 g/mol. The van der Waals surface area contributed by atoms with E-state index in [1.807, 2.05) is 24.4 Å². The van der Waals surface area contributed by atoms with E-state index in [1.54, 1.807) is 23.0 Å². The van der Waals surface area contributed by atoms with Crippen molar-refractivity contribution in [2.45, 2.75) is 19.3 Å². The Hall–Kier alpha value is -4.02. The maximum atomic E-state index is 12.6. The van der Waals surface area contributed by atoms with Gasteiger partial charge in [-0.3, -0.25) is 4.68 Å². The first-order chi connectivity index (χ1) is 14.9. The largest absolute Gasteiger partial charge is 0.455 e. The summed E-state index contributed by atoms with van der Waals surface area (Å²) in [6.45, 7) is 0.442. The number of carbonyl (C=O) groups excluding carboxylic acids is 1. The van der Waals surface area contributed by atoms with E-state index in [4.69, 9.17) is 4.74 Å². The van der Waals surface area contributed by atoms with E-state index in [-0.39, 0.29) is 12.4 Å². The summed E-state index contributed by atoms with van der Waals surface area (Å²) in [6.07, 6.45) is 1.21. The van der Waals surface area contributed by atoms with Crippen LogP contribution in [0.5, 0.6) is 0 Å². The molecular formula is C20H15F3N6O2. The predicted molar refractivity (Wildman–Crippen MR) is 101 cm³/mol. The van der Waals surface area contributed by atoms with Crippen LogP contribution in [0, 0.1) is 0 Å². The van der Waals surface area contributed by atoms with Gasteiger partial charge in [0.15, 0.2) is 5.82 Å². The van der Waals surface area contributed by atoms with Gasteiger partial charge in [0.05, 0.1) is 23.9 Å². The van der Waals surface area contributed by atoms with Crippen LogP contribution in [0.25, 0.3) is 5.82 Å². The maximum absolute atomic E-state index is 12.6. The van der Waals surface area contributed by atoms with Crippen molar-refractivity contribution in [1.82, 2.24) is 29.8 Å². The first-order valence-electron chi connectivity index (χ1n) is 9.07. The number of alkyl halides is 3. The number of nitrogens with zero attached hydrogens (tertiary/aromatic N) is 6. The molecule has 0 aliphatic carbocycles. The number of benzene rings is 1. The normalized spacial score (nSPS) is 11.5. The van der Waals surface area contributed by atoms with Crippen LogP contribution in [0.2, 0.25) is 0 Å². The molecule has 11 heteroatoms. The van der Waals surface area contributed by atoms with Gasteiger partial charge in [0, 0.05) is 18.6 Å². The molecule has 0 aliphatic rings. The van der Waals surface area contributed by atoms with Crippen molar-refractivity contribution < 1.29 is 22.7 Å². The van der Waals surface area contributed by atoms with Crippen molar-refractivity contribution in [3.63, 3.8) is 0 Å². The third-order valence-corrected chi connectivity index (χ3v) is 4.30. The molecule has 4 aromatic rings. The highest BCUT2D eigenvalue weighted by Gasteiger charge is 2.30. The fourth-order valence-electron chi connectivity index (χ4n) is 2.72. The molecule has 0 N–H and O–H groups in total. The SMILES string of the molecule is O=C(OCc1cn(-c2ccc(C(F)(F)F)cn2)nn1)c1ccc(Cn2cccn2)cc1. The minimum absolute atomic E-state index is 0.144. The van der Waals surface area contributed by atoms with E-state index in [0.717, 1.165) is 11.6 Å². The lowest BCUT2D eigenvalue weighted by Gasteiger charge is -2.06. The molecule has 8 nitrogen and oxygen atoms in total. The van der Waals surface area contributed by atoms with E-state index in [0.29, 0.717) is 24.0 Å². The van der Waals surface area contributed by atoms with Crippen LogP contribution in [0.15, 0.2) is 67.3 Å². The molecule has 0 radical (unpaired) electrons. The molecule has 0 fully saturated rings. The molecule has 1 aromatic carbocycles. The van der Waals surface area contributed by atoms with Crippen LogP contribution >= 0.6 is 0 Å². The molecule has 31 heavy (non-hydrogen) atoms. The van der Waals surface area contributed by atoms with E-state index in [1.165, 1.54) is 16.9 Å². The van der Waals surface area contributed by atoms with Gasteiger partial charge in [-0.05, 0) is 35.9 Å². The number of halogens is 3. The fourth-order valence-corrected chi connectivity index (χ4v) is 2.72. The Kier molecular flexibility index (Phi) is 5.48. The number of hydrogen-bond acceptors (Lipinski definition) is 6. The van der Waals surface area contributed by atoms with Gasteiger partial charge in [0.2, 0.25) is 0 Å². The molecule has 0 atom stereocenters. The van der Waals surface area contributed by atoms with Crippen molar-refractivity contribution in [1.29, 1.82) is 0 Å². The van der Waals surface area contributed by atoms with Crippen molar-refractivity contribution in [3.05, 3.63) is 89.6 Å². The van der Waals surface area contributed by atoms with Crippen LogP contribution in [0.1, 0.15) is 27.2 Å². The predicted octanol–water partition coefficient (Wildman–Crippen LogP) is 3.28. The number of pyridine rings is 1. The van der Waals surface area contributed by atoms with E-state index in [9.17, 15) is 18.0 Å². The minimum atomic E-state index is -4.47. The molecule has 158 valence electrons. The zero-order valence-electron chi connectivity index (χ0n) is 15.9. The smallest absolute Gasteiger partial charge is 0.417 e. The van der Waals surface area contributed by atoms with Gasteiger partial charge in [-0.1, -0.05) is 17.3 Å². The first kappa shape index (κ1) is 20.3. The Balaban J connectivity index is 1.34. The van der Waals surface area contributed by atoms with Crippen LogP contribution in [0.3, 0.4) is 0 Å². The number of aromatic nitrogens is 6. The van der Waals surface area contributed by atoms with Crippen LogP contribution < -0.4 is 0 Å². The Morgan fingerprint density at radius 2 is 1.90 bits per heavy atom. The van der Waals surface area contributed by atoms with E-state index >= 15 is 0 Å². The summed E-state index contributed by atoms with van der Waals surface area (Å²) >= 11 is 0. The number of carbonyl (C=O) groups is 1. The molecule has 0 bridgehead atoms. The highest BCUT2D eigenvalue weighted by molar-refractivity contribution is 5.89. The van der Waals surface area contributed by atoms with Crippen LogP contribution in [-0.2, 0) is 24.1 Å². The first-order valence-corrected chi connectivity index (χ1v) is 9.07. The van der Waals surface area contributed by atoms with E-state index < -0.39 is 17.7 Å². The van der Waals surface area contributed by atoms with Crippen molar-refractivity contribution in [3.8, 4) is 5.82 Å². The summed E-state index contributed by atoms with van der Waals surface area (Å²) in [5.74, 6) is -0.376. The topological polar surface area (TPSA) is 87.7 Å². The second kappa shape index (κ2) is 8.38. The van der Waals surface area contributed by atoms with Crippen LogP contribution in [0.4, 0.5) is 13.2 Å². The zero-order chi connectivity index (χ0) is 21.8. The van der Waals surface area contributed by atoms with Gasteiger partial charge in [-0.15, -0.1) is 5.10 Å². The lowest BCUT2D eigenvalue weighted by molar-refractivity contribution is -0.137. The summed E-state index contributed by atoms with van der Waals surface area (Å²) in [7, 11) is 0. The Labute approximate surface area is 173 Å². The van der Waals surface area contributed by atoms with Gasteiger partial charge >= 0.3 is 12.1 Å². The number of hydrogen-bond donors (Lipinski definition) is 0. The summed E-state index contributed by atoms with van der Waals surface area (Å²) in [4.78, 5) is 16.0. The highest BCUT2D eigenvalue weighted by Crippen LogP contribution is 2.28. The van der Waals surface area contributed by atoms with Gasteiger partial charge in [0.25, 0.3) is 0 Å². The molecule has 4 rings (SSSR count). The second-order valence-corrected chi connectivity index (χ2v) is 6.53. The van der Waals surface area contributed by atoms with Crippen molar-refractivity contribution in [2.24, 2.45) is 0 Å². The molecular weight excluding hydrogens is 413 g/mol. The Morgan fingerprint density at radius 1 is 1.10 bits per heavy atom. The second-order valence-electron chi connectivity index (χ2n) is 6.53. The van der Waals surface area contributed by atoms with Gasteiger partial charge < -0.3 is 4.74 Å². The lowest BCUT2D eigenvalue weighted by Crippen LogP contribution is -2.07. The number of esters is 1. The maximum Gasteiger partial charge on any atom is 0.417 e. The van der Waals surface area contributed by atoms with Crippen LogP contribution in [-0.4, -0.2) is 35.7 Å². The molecule has 0 saturated heterocycles. The third-order valence-electron chi connectivity index (χ3n) is 4.30. The van der Waals surface area contributed by atoms with Gasteiger partial charge in [-0.25, -0.2) is 14.5 Å². The number of rotatable bonds is 6. The lowest BCUT2D eigenvalue weighted by atomic mass is 10.1. The number of ether oxygens (including phenoxy) is 1. The fraction of sp³-hybridized carbons (Fsp3) is 0.150. The zero-order valence-corrected chi connectivity index (χ0v) is 15.9. The summed E-state index contributed by atoms with van der Waals surface area (Å²) in [6, 6.07) is 10.8. The molecule has 3 heterocycles. The highest BCUT2D eigenvalue weighted by atomic mass is 19.4. The average molecular weight is 428 g/mol. The molecule has 0 spiro atoms. The van der Waals surface area contributed by atoms with Crippen molar-refractivity contribution >= 4 is 5.97 Å². The third kappa shape index (κ3) is 4.94. The van der Waals surface area contributed by atoms with E-state index in [2.05, 4.69) is 20.4 Å². The molecule has 0 aliphatic heterocycles. The molecule has 0 unspecified atom stereocenters. The molecule has 3 aromatic heterocycles. The van der Waals surface area contributed by atoms with Crippen molar-refractivity contribution in [2.75, 3.05) is 0 Å². The quantitative estimate of drug-likeness (QED) is 0.438. The average Bonchev–Trinajstić information content (AvgIpc) is 3.44. The Morgan fingerprint density at radius 3 is 2.55 bits per heavy atom. The molecule has 0 saturated carbocycles. The summed E-state index contributed by atoms with van der Waals surface area (Å²) in [5.41, 5.74) is 0.819. The summed E-state index contributed by atoms with van der Waals surface area (Å²) < 4.78 is 46.1. The van der Waals surface area contributed by atoms with Gasteiger partial charge in [0.1, 0.15) is 12.3 Å². The summed E-state index contributed by atoms with van der Waals surface area (Å²) in [5, 5.41) is 11.8.